The van der Waals surface area contributed by atoms with Crippen molar-refractivity contribution in [2.45, 2.75) is 13.8 Å². The third-order valence-corrected chi connectivity index (χ3v) is 3.84. The molecule has 0 spiro atoms. The maximum Gasteiger partial charge on any atom is 0.170 e. The quantitative estimate of drug-likeness (QED) is 0.768. The van der Waals surface area contributed by atoms with Gasteiger partial charge in [-0.15, -0.1) is 0 Å². The number of hydrogen-bond acceptors (Lipinski definition) is 2. The zero-order chi connectivity index (χ0) is 17.5. The van der Waals surface area contributed by atoms with Crippen molar-refractivity contribution in [2.75, 3.05) is 29.9 Å². The van der Waals surface area contributed by atoms with Crippen LogP contribution in [0.2, 0.25) is 0 Å². The number of aryl methyl sites for hydroxylation is 1. The second kappa shape index (κ2) is 8.59. The molecule has 0 amide bonds. The van der Waals surface area contributed by atoms with Crippen LogP contribution in [0.15, 0.2) is 42.5 Å². The van der Waals surface area contributed by atoms with Gasteiger partial charge in [-0.05, 0) is 55.9 Å². The van der Waals surface area contributed by atoms with Crippen molar-refractivity contribution in [3.8, 4) is 0 Å². The molecular formula is C18H21F2N3S. The maximum atomic E-state index is 13.6. The summed E-state index contributed by atoms with van der Waals surface area (Å²) in [4.78, 5) is 2.21. The van der Waals surface area contributed by atoms with E-state index in [1.807, 2.05) is 6.07 Å². The monoisotopic (exact) mass is 349 g/mol. The van der Waals surface area contributed by atoms with E-state index in [2.05, 4.69) is 47.6 Å². The van der Waals surface area contributed by atoms with Gasteiger partial charge in [0.25, 0.3) is 0 Å². The molecule has 0 saturated heterocycles. The Morgan fingerprint density at radius 3 is 2.67 bits per heavy atom. The number of rotatable bonds is 6. The van der Waals surface area contributed by atoms with Crippen LogP contribution in [0.4, 0.5) is 20.2 Å². The highest BCUT2D eigenvalue weighted by atomic mass is 32.1. The Kier molecular flexibility index (Phi) is 6.49. The van der Waals surface area contributed by atoms with E-state index in [-0.39, 0.29) is 10.8 Å². The number of likely N-dealkylation sites (N-methyl/N-ethyl adjacent to an activating group) is 1. The van der Waals surface area contributed by atoms with Crippen LogP contribution in [-0.4, -0.2) is 24.7 Å². The Morgan fingerprint density at radius 2 is 1.96 bits per heavy atom. The molecule has 0 radical (unpaired) electrons. The first-order valence-corrected chi connectivity index (χ1v) is 8.22. The summed E-state index contributed by atoms with van der Waals surface area (Å²) in [5, 5.41) is 5.96. The van der Waals surface area contributed by atoms with Crippen LogP contribution in [0, 0.1) is 18.6 Å². The number of nitrogens with one attached hydrogen (secondary N) is 2. The van der Waals surface area contributed by atoms with Gasteiger partial charge >= 0.3 is 0 Å². The van der Waals surface area contributed by atoms with Crippen molar-refractivity contribution < 1.29 is 8.78 Å². The number of benzene rings is 2. The predicted molar refractivity (Wildman–Crippen MR) is 99.6 cm³/mol. The lowest BCUT2D eigenvalue weighted by molar-refractivity contribution is 0.604. The van der Waals surface area contributed by atoms with Crippen LogP contribution in [0.25, 0.3) is 0 Å². The summed E-state index contributed by atoms with van der Waals surface area (Å²) in [7, 11) is 0. The van der Waals surface area contributed by atoms with Crippen LogP contribution in [-0.2, 0) is 0 Å². The van der Waals surface area contributed by atoms with Crippen LogP contribution < -0.4 is 15.5 Å². The van der Waals surface area contributed by atoms with Gasteiger partial charge in [0.05, 0.1) is 5.69 Å². The molecule has 0 heterocycles. The van der Waals surface area contributed by atoms with Gasteiger partial charge < -0.3 is 15.5 Å². The Hall–Kier alpha value is -2.21. The average molecular weight is 349 g/mol. The number of anilines is 2. The van der Waals surface area contributed by atoms with Gasteiger partial charge in [-0.2, -0.15) is 0 Å². The molecule has 0 aliphatic heterocycles. The van der Waals surface area contributed by atoms with E-state index in [0.717, 1.165) is 37.0 Å². The molecule has 2 N–H and O–H groups in total. The van der Waals surface area contributed by atoms with Crippen LogP contribution in [0.1, 0.15) is 12.5 Å². The molecular weight excluding hydrogens is 328 g/mol. The molecule has 24 heavy (non-hydrogen) atoms. The summed E-state index contributed by atoms with van der Waals surface area (Å²) >= 11 is 5.13. The highest BCUT2D eigenvalue weighted by Gasteiger charge is 2.07. The molecule has 2 aromatic rings. The topological polar surface area (TPSA) is 27.3 Å². The largest absolute Gasteiger partial charge is 0.370 e. The second-order valence-electron chi connectivity index (χ2n) is 5.42. The van der Waals surface area contributed by atoms with Crippen LogP contribution in [0.5, 0.6) is 0 Å². The minimum Gasteiger partial charge on any atom is -0.370 e. The SMILES string of the molecule is CCN(CCNC(=S)Nc1cc(F)ccc1F)c1cccc(C)c1. The molecule has 3 nitrogen and oxygen atoms in total. The minimum absolute atomic E-state index is 0.0264. The average Bonchev–Trinajstić information content (AvgIpc) is 2.55. The van der Waals surface area contributed by atoms with Gasteiger partial charge in [0.2, 0.25) is 0 Å². The second-order valence-corrected chi connectivity index (χ2v) is 5.83. The zero-order valence-electron chi connectivity index (χ0n) is 13.8. The van der Waals surface area contributed by atoms with Crippen molar-refractivity contribution in [1.29, 1.82) is 0 Å². The molecule has 0 saturated carbocycles. The van der Waals surface area contributed by atoms with E-state index in [1.54, 1.807) is 0 Å². The van der Waals surface area contributed by atoms with Gasteiger partial charge in [0.15, 0.2) is 5.11 Å². The standard InChI is InChI=1S/C18H21F2N3S/c1-3-23(15-6-4-5-13(2)11-15)10-9-21-18(24)22-17-12-14(19)7-8-16(17)20/h4-8,11-12H,3,9-10H2,1-2H3,(H2,21,22,24). The number of nitrogens with zero attached hydrogens (tertiary/aromatic N) is 1. The number of hydrogen-bond donors (Lipinski definition) is 2. The van der Waals surface area contributed by atoms with E-state index in [1.165, 1.54) is 5.56 Å². The molecule has 2 rings (SSSR count). The third-order valence-electron chi connectivity index (χ3n) is 3.59. The summed E-state index contributed by atoms with van der Waals surface area (Å²) < 4.78 is 26.7. The first-order valence-electron chi connectivity index (χ1n) is 7.81. The molecule has 0 atom stereocenters. The van der Waals surface area contributed by atoms with Crippen molar-refractivity contribution in [1.82, 2.24) is 5.32 Å². The van der Waals surface area contributed by atoms with Crippen molar-refractivity contribution >= 4 is 28.7 Å². The van der Waals surface area contributed by atoms with Gasteiger partial charge in [-0.25, -0.2) is 8.78 Å². The lowest BCUT2D eigenvalue weighted by Gasteiger charge is -2.24. The fourth-order valence-electron chi connectivity index (χ4n) is 2.36. The highest BCUT2D eigenvalue weighted by molar-refractivity contribution is 7.80. The molecule has 0 bridgehead atoms. The van der Waals surface area contributed by atoms with E-state index >= 15 is 0 Å². The van der Waals surface area contributed by atoms with Crippen molar-refractivity contribution in [3.05, 3.63) is 59.7 Å². The van der Waals surface area contributed by atoms with Gasteiger partial charge in [-0.1, -0.05) is 12.1 Å². The van der Waals surface area contributed by atoms with E-state index in [9.17, 15) is 8.78 Å². The lowest BCUT2D eigenvalue weighted by atomic mass is 10.2. The van der Waals surface area contributed by atoms with E-state index in [4.69, 9.17) is 12.2 Å². The molecule has 128 valence electrons. The Bertz CT molecular complexity index is 706. The summed E-state index contributed by atoms with van der Waals surface area (Å²) in [6.45, 7) is 6.34. The molecule has 0 unspecified atom stereocenters. The summed E-state index contributed by atoms with van der Waals surface area (Å²) in [6, 6.07) is 11.5. The van der Waals surface area contributed by atoms with Gasteiger partial charge in [-0.3, -0.25) is 0 Å². The Labute approximate surface area is 146 Å². The van der Waals surface area contributed by atoms with Gasteiger partial charge in [0.1, 0.15) is 11.6 Å². The lowest BCUT2D eigenvalue weighted by Crippen LogP contribution is -2.37. The molecule has 0 aromatic heterocycles. The summed E-state index contributed by atoms with van der Waals surface area (Å²) in [5.74, 6) is -1.06. The first-order chi connectivity index (χ1) is 11.5. The Balaban J connectivity index is 1.86. The van der Waals surface area contributed by atoms with E-state index in [0.29, 0.717) is 6.54 Å². The third kappa shape index (κ3) is 5.16. The summed E-state index contributed by atoms with van der Waals surface area (Å²) in [5.41, 5.74) is 2.38. The number of thiocarbonyl (C=S) groups is 1. The predicted octanol–water partition coefficient (Wildman–Crippen LogP) is 4.09. The minimum atomic E-state index is -0.546. The van der Waals surface area contributed by atoms with Gasteiger partial charge in [0, 0.05) is 31.4 Å². The molecule has 0 aliphatic carbocycles. The van der Waals surface area contributed by atoms with Crippen LogP contribution >= 0.6 is 12.2 Å². The highest BCUT2D eigenvalue weighted by Crippen LogP contribution is 2.16. The normalized spacial score (nSPS) is 10.3. The first kappa shape index (κ1) is 18.1. The fourth-order valence-corrected chi connectivity index (χ4v) is 2.57. The molecule has 6 heteroatoms. The van der Waals surface area contributed by atoms with Crippen molar-refractivity contribution in [3.63, 3.8) is 0 Å². The smallest absolute Gasteiger partial charge is 0.170 e. The zero-order valence-corrected chi connectivity index (χ0v) is 14.6. The van der Waals surface area contributed by atoms with Crippen molar-refractivity contribution in [2.24, 2.45) is 0 Å². The molecule has 0 fully saturated rings. The summed E-state index contributed by atoms with van der Waals surface area (Å²) in [6.07, 6.45) is 0. The van der Waals surface area contributed by atoms with Crippen LogP contribution in [0.3, 0.4) is 0 Å². The molecule has 2 aromatic carbocycles. The maximum absolute atomic E-state index is 13.6. The number of halogens is 2. The molecule has 0 aliphatic rings. The van der Waals surface area contributed by atoms with E-state index < -0.39 is 11.6 Å². The fraction of sp³-hybridized carbons (Fsp3) is 0.278. The Morgan fingerprint density at radius 1 is 1.17 bits per heavy atom.